The average molecular weight is 389 g/mol. The van der Waals surface area contributed by atoms with E-state index in [2.05, 4.69) is 45.5 Å². The number of ether oxygens (including phenoxy) is 1. The predicted octanol–water partition coefficient (Wildman–Crippen LogP) is 4.57. The summed E-state index contributed by atoms with van der Waals surface area (Å²) in [5.74, 6) is 2.26. The smallest absolute Gasteiger partial charge is 0.130 e. The average Bonchev–Trinajstić information content (AvgIpc) is 2.79. The van der Waals surface area contributed by atoms with Crippen LogP contribution < -0.4 is 10.1 Å². The molecule has 1 saturated heterocycles. The number of likely N-dealkylation sites (tertiary alicyclic amines) is 1. The summed E-state index contributed by atoms with van der Waals surface area (Å²) in [6.45, 7) is 3.04. The third kappa shape index (κ3) is 4.40. The molecular formula is C24H28N4O. The van der Waals surface area contributed by atoms with E-state index < -0.39 is 0 Å². The van der Waals surface area contributed by atoms with Crippen molar-refractivity contribution in [2.24, 2.45) is 0 Å². The minimum absolute atomic E-state index is 0.438. The largest absolute Gasteiger partial charge is 0.496 e. The minimum atomic E-state index is 0.438. The van der Waals surface area contributed by atoms with Gasteiger partial charge in [0, 0.05) is 49.1 Å². The van der Waals surface area contributed by atoms with Crippen molar-refractivity contribution in [3.8, 4) is 17.0 Å². The summed E-state index contributed by atoms with van der Waals surface area (Å²) in [6, 6.07) is 18.6. The van der Waals surface area contributed by atoms with E-state index in [1.165, 1.54) is 18.4 Å². The van der Waals surface area contributed by atoms with Crippen molar-refractivity contribution in [2.75, 3.05) is 32.6 Å². The van der Waals surface area contributed by atoms with Crippen LogP contribution in [0.25, 0.3) is 11.3 Å². The van der Waals surface area contributed by atoms with E-state index in [1.54, 1.807) is 7.11 Å². The number of methoxy groups -OCH3 is 1. The molecule has 29 heavy (non-hydrogen) atoms. The summed E-state index contributed by atoms with van der Waals surface area (Å²) in [7, 11) is 3.64. The molecule has 1 aliphatic rings. The molecule has 1 N–H and O–H groups in total. The van der Waals surface area contributed by atoms with Crippen LogP contribution in [-0.4, -0.2) is 42.1 Å². The highest BCUT2D eigenvalue weighted by Crippen LogP contribution is 2.32. The van der Waals surface area contributed by atoms with Crippen LogP contribution in [0.2, 0.25) is 0 Å². The number of hydrogen-bond acceptors (Lipinski definition) is 5. The van der Waals surface area contributed by atoms with Crippen molar-refractivity contribution >= 4 is 5.82 Å². The van der Waals surface area contributed by atoms with Gasteiger partial charge >= 0.3 is 0 Å². The van der Waals surface area contributed by atoms with Gasteiger partial charge in [0.2, 0.25) is 0 Å². The number of aromatic nitrogens is 2. The lowest BCUT2D eigenvalue weighted by Crippen LogP contribution is -2.34. The Bertz CT molecular complexity index is 959. The number of para-hydroxylation sites is 1. The Morgan fingerprint density at radius 2 is 2.00 bits per heavy atom. The standard InChI is InChI=1S/C24H28N4O/c1-25-24-19(8-6-14-26-24)17-28-15-7-9-18(16-28)21-11-5-12-22(27-21)20-10-3-4-13-23(20)29-2/h3-6,8,10-14,18H,7,9,15-17H2,1-2H3,(H,25,26)/t18-/m1/s1. The van der Waals surface area contributed by atoms with E-state index in [0.717, 1.165) is 48.2 Å². The SMILES string of the molecule is CNc1ncccc1CN1CCC[C@@H](c2cccc(-c3ccccc3OC)n2)C1. The third-order valence-electron chi connectivity index (χ3n) is 5.60. The van der Waals surface area contributed by atoms with Gasteiger partial charge in [-0.1, -0.05) is 24.3 Å². The van der Waals surface area contributed by atoms with Crippen molar-refractivity contribution < 1.29 is 4.74 Å². The fourth-order valence-electron chi connectivity index (χ4n) is 4.16. The van der Waals surface area contributed by atoms with Gasteiger partial charge in [-0.25, -0.2) is 4.98 Å². The highest BCUT2D eigenvalue weighted by Gasteiger charge is 2.23. The maximum absolute atomic E-state index is 5.53. The van der Waals surface area contributed by atoms with Gasteiger partial charge in [-0.2, -0.15) is 0 Å². The molecule has 0 amide bonds. The lowest BCUT2D eigenvalue weighted by Gasteiger charge is -2.33. The molecule has 0 bridgehead atoms. The van der Waals surface area contributed by atoms with Gasteiger partial charge < -0.3 is 10.1 Å². The summed E-state index contributed by atoms with van der Waals surface area (Å²) in [5, 5.41) is 3.20. The zero-order valence-electron chi connectivity index (χ0n) is 17.1. The monoisotopic (exact) mass is 388 g/mol. The van der Waals surface area contributed by atoms with Crippen LogP contribution >= 0.6 is 0 Å². The summed E-state index contributed by atoms with van der Waals surface area (Å²) in [4.78, 5) is 12.0. The third-order valence-corrected chi connectivity index (χ3v) is 5.60. The van der Waals surface area contributed by atoms with Crippen LogP contribution in [0.1, 0.15) is 30.0 Å². The lowest BCUT2D eigenvalue weighted by molar-refractivity contribution is 0.198. The van der Waals surface area contributed by atoms with E-state index in [1.807, 2.05) is 37.5 Å². The van der Waals surface area contributed by atoms with Crippen LogP contribution in [0.4, 0.5) is 5.82 Å². The normalized spacial score (nSPS) is 17.1. The van der Waals surface area contributed by atoms with Crippen LogP contribution in [0, 0.1) is 0 Å². The van der Waals surface area contributed by atoms with E-state index in [4.69, 9.17) is 9.72 Å². The molecule has 150 valence electrons. The summed E-state index contributed by atoms with van der Waals surface area (Å²) < 4.78 is 5.53. The summed E-state index contributed by atoms with van der Waals surface area (Å²) in [5.41, 5.74) is 4.42. The number of pyridine rings is 2. The first-order valence-electron chi connectivity index (χ1n) is 10.2. The minimum Gasteiger partial charge on any atom is -0.496 e. The number of rotatable bonds is 6. The van der Waals surface area contributed by atoms with E-state index in [-0.39, 0.29) is 0 Å². The van der Waals surface area contributed by atoms with Gasteiger partial charge in [-0.05, 0) is 49.7 Å². The molecule has 0 unspecified atom stereocenters. The molecule has 3 aromatic rings. The Labute approximate surface area is 172 Å². The summed E-state index contributed by atoms with van der Waals surface area (Å²) in [6.07, 6.45) is 4.19. The zero-order valence-corrected chi connectivity index (χ0v) is 17.1. The van der Waals surface area contributed by atoms with Crippen LogP contribution in [0.5, 0.6) is 5.75 Å². The van der Waals surface area contributed by atoms with Crippen molar-refractivity contribution in [2.45, 2.75) is 25.3 Å². The first kappa shape index (κ1) is 19.4. The Morgan fingerprint density at radius 1 is 1.10 bits per heavy atom. The quantitative estimate of drug-likeness (QED) is 0.670. The maximum atomic E-state index is 5.53. The highest BCUT2D eigenvalue weighted by molar-refractivity contribution is 5.67. The van der Waals surface area contributed by atoms with E-state index in [0.29, 0.717) is 5.92 Å². The molecule has 0 aliphatic carbocycles. The zero-order chi connectivity index (χ0) is 20.1. The molecule has 2 aromatic heterocycles. The van der Waals surface area contributed by atoms with Crippen LogP contribution in [0.3, 0.4) is 0 Å². The van der Waals surface area contributed by atoms with Crippen molar-refractivity contribution in [1.82, 2.24) is 14.9 Å². The second-order valence-electron chi connectivity index (χ2n) is 7.48. The van der Waals surface area contributed by atoms with Gasteiger partial charge in [0.15, 0.2) is 0 Å². The molecule has 0 spiro atoms. The molecule has 5 nitrogen and oxygen atoms in total. The molecule has 1 atom stereocenters. The maximum Gasteiger partial charge on any atom is 0.130 e. The lowest BCUT2D eigenvalue weighted by atomic mass is 9.93. The van der Waals surface area contributed by atoms with E-state index in [9.17, 15) is 0 Å². The number of piperidine rings is 1. The van der Waals surface area contributed by atoms with Crippen molar-refractivity contribution in [3.63, 3.8) is 0 Å². The molecule has 3 heterocycles. The molecular weight excluding hydrogens is 360 g/mol. The first-order valence-corrected chi connectivity index (χ1v) is 10.2. The molecule has 1 fully saturated rings. The Kier molecular flexibility index (Phi) is 6.06. The van der Waals surface area contributed by atoms with Gasteiger partial charge in [0.05, 0.1) is 12.8 Å². The van der Waals surface area contributed by atoms with E-state index >= 15 is 0 Å². The number of hydrogen-bond donors (Lipinski definition) is 1. The number of nitrogens with zero attached hydrogens (tertiary/aromatic N) is 3. The summed E-state index contributed by atoms with van der Waals surface area (Å²) >= 11 is 0. The van der Waals surface area contributed by atoms with Crippen molar-refractivity contribution in [1.29, 1.82) is 0 Å². The molecule has 5 heteroatoms. The van der Waals surface area contributed by atoms with Gasteiger partial charge in [0.1, 0.15) is 11.6 Å². The molecule has 0 radical (unpaired) electrons. The second kappa shape index (κ2) is 9.05. The second-order valence-corrected chi connectivity index (χ2v) is 7.48. The molecule has 1 aliphatic heterocycles. The van der Waals surface area contributed by atoms with Gasteiger partial charge in [0.25, 0.3) is 0 Å². The Hall–Kier alpha value is -2.92. The molecule has 4 rings (SSSR count). The Balaban J connectivity index is 1.53. The number of anilines is 1. The van der Waals surface area contributed by atoms with Crippen LogP contribution in [-0.2, 0) is 6.54 Å². The fraction of sp³-hybridized carbons (Fsp3) is 0.333. The fourth-order valence-corrected chi connectivity index (χ4v) is 4.16. The number of nitrogens with one attached hydrogen (secondary N) is 1. The molecule has 1 aromatic carbocycles. The first-order chi connectivity index (χ1) is 14.3. The topological polar surface area (TPSA) is 50.3 Å². The Morgan fingerprint density at radius 3 is 2.86 bits per heavy atom. The van der Waals surface area contributed by atoms with Crippen molar-refractivity contribution in [3.05, 3.63) is 72.1 Å². The van der Waals surface area contributed by atoms with Crippen LogP contribution in [0.15, 0.2) is 60.8 Å². The number of benzene rings is 1. The predicted molar refractivity (Wildman–Crippen MR) is 117 cm³/mol. The molecule has 0 saturated carbocycles. The van der Waals surface area contributed by atoms with Gasteiger partial charge in [-0.15, -0.1) is 0 Å². The highest BCUT2D eigenvalue weighted by atomic mass is 16.5. The van der Waals surface area contributed by atoms with Gasteiger partial charge in [-0.3, -0.25) is 9.88 Å².